The van der Waals surface area contributed by atoms with Crippen LogP contribution in [0.5, 0.6) is 11.5 Å². The molecule has 1 amide bonds. The number of aryl methyl sites for hydroxylation is 1. The second-order valence-corrected chi connectivity index (χ2v) is 5.68. The number of ether oxygens (including phenoxy) is 2. The summed E-state index contributed by atoms with van der Waals surface area (Å²) in [6.45, 7) is 4.07. The minimum absolute atomic E-state index is 0.197. The van der Waals surface area contributed by atoms with Crippen LogP contribution in [0, 0.1) is 18.3 Å². The molecule has 0 atom stereocenters. The number of aromatic nitrogens is 1. The van der Waals surface area contributed by atoms with Crippen molar-refractivity contribution in [2.45, 2.75) is 20.4 Å². The smallest absolute Gasteiger partial charge is 0.258 e. The summed E-state index contributed by atoms with van der Waals surface area (Å²) in [5.41, 5.74) is 1.18. The lowest BCUT2D eigenvalue weighted by Gasteiger charge is -2.13. The van der Waals surface area contributed by atoms with Crippen molar-refractivity contribution in [3.63, 3.8) is 0 Å². The van der Waals surface area contributed by atoms with Crippen molar-refractivity contribution in [2.24, 2.45) is 0 Å². The molecule has 0 saturated heterocycles. The van der Waals surface area contributed by atoms with Crippen molar-refractivity contribution in [3.05, 3.63) is 39.7 Å². The van der Waals surface area contributed by atoms with Crippen LogP contribution in [0.1, 0.15) is 23.9 Å². The molecule has 0 aliphatic heterocycles. The van der Waals surface area contributed by atoms with Crippen molar-refractivity contribution in [1.82, 2.24) is 10.5 Å². The molecule has 2 rings (SSSR count). The molecule has 0 unspecified atom stereocenters. The van der Waals surface area contributed by atoms with Gasteiger partial charge < -0.3 is 19.3 Å². The highest BCUT2D eigenvalue weighted by molar-refractivity contribution is 9.10. The normalized spacial score (nSPS) is 10.1. The van der Waals surface area contributed by atoms with Crippen LogP contribution >= 0.6 is 15.9 Å². The second-order valence-electron chi connectivity index (χ2n) is 4.83. The van der Waals surface area contributed by atoms with Gasteiger partial charge in [-0.2, -0.15) is 5.26 Å². The van der Waals surface area contributed by atoms with E-state index in [1.54, 1.807) is 25.1 Å². The Morgan fingerprint density at radius 2 is 2.21 bits per heavy atom. The van der Waals surface area contributed by atoms with E-state index in [4.69, 9.17) is 19.3 Å². The molecule has 1 N–H and O–H groups in total. The van der Waals surface area contributed by atoms with E-state index in [1.165, 1.54) is 0 Å². The number of hydrogen-bond acceptors (Lipinski definition) is 6. The molecule has 0 fully saturated rings. The number of rotatable bonds is 7. The van der Waals surface area contributed by atoms with Gasteiger partial charge in [0.1, 0.15) is 0 Å². The Hall–Kier alpha value is -2.53. The molecule has 126 valence electrons. The van der Waals surface area contributed by atoms with E-state index in [1.807, 2.05) is 13.0 Å². The highest BCUT2D eigenvalue weighted by atomic mass is 79.9. The zero-order valence-electron chi connectivity index (χ0n) is 13.3. The summed E-state index contributed by atoms with van der Waals surface area (Å²) in [4.78, 5) is 11.9. The maximum atomic E-state index is 11.9. The lowest BCUT2D eigenvalue weighted by atomic mass is 10.2. The predicted molar refractivity (Wildman–Crippen MR) is 88.6 cm³/mol. The monoisotopic (exact) mass is 393 g/mol. The molecule has 1 aromatic heterocycles. The minimum atomic E-state index is -0.317. The molecular formula is C16H16BrN3O4. The van der Waals surface area contributed by atoms with Gasteiger partial charge in [0.15, 0.2) is 23.9 Å². The SMILES string of the molecule is CCOc1cc(C#N)cc(Br)c1OCC(=O)NCc1cc(C)no1. The number of nitrogens with zero attached hydrogens (tertiary/aromatic N) is 2. The van der Waals surface area contributed by atoms with E-state index in [2.05, 4.69) is 26.4 Å². The van der Waals surface area contributed by atoms with Crippen LogP contribution in [0.25, 0.3) is 0 Å². The molecule has 0 aliphatic rings. The topological polar surface area (TPSA) is 97.4 Å². The first-order valence-corrected chi connectivity index (χ1v) is 8.01. The standard InChI is InChI=1S/C16H16BrN3O4/c1-3-22-14-6-11(7-18)5-13(17)16(14)23-9-15(21)19-8-12-4-10(2)20-24-12/h4-6H,3,8-9H2,1-2H3,(H,19,21). The van der Waals surface area contributed by atoms with Gasteiger partial charge in [0.25, 0.3) is 5.91 Å². The van der Waals surface area contributed by atoms with E-state index < -0.39 is 0 Å². The molecule has 0 saturated carbocycles. The van der Waals surface area contributed by atoms with Gasteiger partial charge in [-0.25, -0.2) is 0 Å². The number of benzene rings is 1. The molecule has 0 aliphatic carbocycles. The van der Waals surface area contributed by atoms with Crippen LogP contribution in [-0.4, -0.2) is 24.3 Å². The number of halogens is 1. The third-order valence-corrected chi connectivity index (χ3v) is 3.51. The van der Waals surface area contributed by atoms with Gasteiger partial charge in [0.05, 0.1) is 35.0 Å². The zero-order valence-corrected chi connectivity index (χ0v) is 14.8. The molecule has 0 spiro atoms. The quantitative estimate of drug-likeness (QED) is 0.776. The molecule has 1 aromatic carbocycles. The third kappa shape index (κ3) is 4.73. The molecule has 1 heterocycles. The first-order chi connectivity index (χ1) is 11.5. The van der Waals surface area contributed by atoms with Gasteiger partial charge in [-0.05, 0) is 35.8 Å². The number of nitriles is 1. The van der Waals surface area contributed by atoms with Crippen LogP contribution < -0.4 is 14.8 Å². The number of carbonyl (C=O) groups excluding carboxylic acids is 1. The number of hydrogen-bond donors (Lipinski definition) is 1. The first-order valence-electron chi connectivity index (χ1n) is 7.21. The van der Waals surface area contributed by atoms with Gasteiger partial charge in [0, 0.05) is 12.1 Å². The predicted octanol–water partition coefficient (Wildman–Crippen LogP) is 2.71. The summed E-state index contributed by atoms with van der Waals surface area (Å²) in [7, 11) is 0. The Labute approximate surface area is 147 Å². The second kappa shape index (κ2) is 8.36. The average molecular weight is 394 g/mol. The molecule has 8 heteroatoms. The molecular weight excluding hydrogens is 378 g/mol. The maximum Gasteiger partial charge on any atom is 0.258 e. The van der Waals surface area contributed by atoms with Gasteiger partial charge in [0.2, 0.25) is 0 Å². The molecule has 0 bridgehead atoms. The summed E-state index contributed by atoms with van der Waals surface area (Å²) in [6, 6.07) is 6.95. The van der Waals surface area contributed by atoms with Gasteiger partial charge in [-0.15, -0.1) is 0 Å². The summed E-state index contributed by atoms with van der Waals surface area (Å²) in [5.74, 6) is 1.03. The summed E-state index contributed by atoms with van der Waals surface area (Å²) in [5, 5.41) is 15.4. The van der Waals surface area contributed by atoms with Crippen molar-refractivity contribution >= 4 is 21.8 Å². The average Bonchev–Trinajstić information content (AvgIpc) is 2.97. The highest BCUT2D eigenvalue weighted by Crippen LogP contribution is 2.36. The fraction of sp³-hybridized carbons (Fsp3) is 0.312. The molecule has 0 radical (unpaired) electrons. The van der Waals surface area contributed by atoms with Crippen LogP contribution in [0.4, 0.5) is 0 Å². The van der Waals surface area contributed by atoms with Gasteiger partial charge >= 0.3 is 0 Å². The molecule has 2 aromatic rings. The Balaban J connectivity index is 1.97. The Morgan fingerprint density at radius 3 is 2.83 bits per heavy atom. The number of carbonyl (C=O) groups is 1. The van der Waals surface area contributed by atoms with Crippen molar-refractivity contribution in [1.29, 1.82) is 5.26 Å². The summed E-state index contributed by atoms with van der Waals surface area (Å²) in [6.07, 6.45) is 0. The summed E-state index contributed by atoms with van der Waals surface area (Å²) < 4.78 is 16.6. The number of amides is 1. The summed E-state index contributed by atoms with van der Waals surface area (Å²) >= 11 is 3.33. The van der Waals surface area contributed by atoms with Crippen LogP contribution in [-0.2, 0) is 11.3 Å². The first kappa shape index (κ1) is 17.8. The van der Waals surface area contributed by atoms with Crippen molar-refractivity contribution < 1.29 is 18.8 Å². The highest BCUT2D eigenvalue weighted by Gasteiger charge is 2.14. The van der Waals surface area contributed by atoms with Crippen molar-refractivity contribution in [2.75, 3.05) is 13.2 Å². The van der Waals surface area contributed by atoms with E-state index in [0.29, 0.717) is 33.9 Å². The Kier molecular flexibility index (Phi) is 6.21. The fourth-order valence-corrected chi connectivity index (χ4v) is 2.47. The molecule has 24 heavy (non-hydrogen) atoms. The van der Waals surface area contributed by atoms with E-state index in [-0.39, 0.29) is 19.1 Å². The van der Waals surface area contributed by atoms with E-state index >= 15 is 0 Å². The fourth-order valence-electron chi connectivity index (χ4n) is 1.91. The van der Waals surface area contributed by atoms with Crippen LogP contribution in [0.3, 0.4) is 0 Å². The molecule has 7 nitrogen and oxygen atoms in total. The van der Waals surface area contributed by atoms with Crippen LogP contribution in [0.2, 0.25) is 0 Å². The minimum Gasteiger partial charge on any atom is -0.490 e. The largest absolute Gasteiger partial charge is 0.490 e. The van der Waals surface area contributed by atoms with Crippen LogP contribution in [0.15, 0.2) is 27.2 Å². The lowest BCUT2D eigenvalue weighted by Crippen LogP contribution is -2.28. The van der Waals surface area contributed by atoms with Gasteiger partial charge in [-0.1, -0.05) is 5.16 Å². The van der Waals surface area contributed by atoms with Gasteiger partial charge in [-0.3, -0.25) is 4.79 Å². The lowest BCUT2D eigenvalue weighted by molar-refractivity contribution is -0.123. The Morgan fingerprint density at radius 1 is 1.42 bits per heavy atom. The maximum absolute atomic E-state index is 11.9. The van der Waals surface area contributed by atoms with E-state index in [9.17, 15) is 4.79 Å². The number of nitrogens with one attached hydrogen (secondary N) is 1. The van der Waals surface area contributed by atoms with E-state index in [0.717, 1.165) is 5.69 Å². The Bertz CT molecular complexity index is 767. The van der Waals surface area contributed by atoms with Crippen molar-refractivity contribution in [3.8, 4) is 17.6 Å². The third-order valence-electron chi connectivity index (χ3n) is 2.92. The zero-order chi connectivity index (χ0) is 17.5.